The fourth-order valence-corrected chi connectivity index (χ4v) is 3.83. The predicted octanol–water partition coefficient (Wildman–Crippen LogP) is 2.34. The molecule has 2 rings (SSSR count). The molecule has 0 bridgehead atoms. The molecular formula is C14H18O2Si. The van der Waals surface area contributed by atoms with E-state index in [1.807, 2.05) is 13.8 Å². The number of fused-ring (bicyclic) bond motifs is 1. The molecule has 2 aromatic rings. The molecule has 0 radical (unpaired) electrons. The first-order valence-electron chi connectivity index (χ1n) is 6.07. The molecule has 2 nitrogen and oxygen atoms in total. The van der Waals surface area contributed by atoms with E-state index in [4.69, 9.17) is 8.85 Å². The Bertz CT molecular complexity index is 473. The Labute approximate surface area is 104 Å². The SMILES string of the molecule is CCO[SiH](OCC)c1cccc2ccccc12. The Kier molecular flexibility index (Phi) is 4.31. The molecule has 0 aliphatic carbocycles. The molecule has 0 saturated heterocycles. The van der Waals surface area contributed by atoms with Crippen LogP contribution in [0.1, 0.15) is 13.8 Å². The van der Waals surface area contributed by atoms with Gasteiger partial charge in [0.2, 0.25) is 0 Å². The van der Waals surface area contributed by atoms with Gasteiger partial charge in [-0.2, -0.15) is 0 Å². The molecule has 0 spiro atoms. The second kappa shape index (κ2) is 5.96. The monoisotopic (exact) mass is 246 g/mol. The van der Waals surface area contributed by atoms with E-state index in [0.717, 1.165) is 0 Å². The molecule has 0 amide bonds. The van der Waals surface area contributed by atoms with E-state index in [1.165, 1.54) is 16.0 Å². The van der Waals surface area contributed by atoms with Crippen LogP contribution in [0.2, 0.25) is 0 Å². The van der Waals surface area contributed by atoms with Crippen LogP contribution in [0.25, 0.3) is 10.8 Å². The van der Waals surface area contributed by atoms with Gasteiger partial charge in [0.1, 0.15) is 0 Å². The van der Waals surface area contributed by atoms with Gasteiger partial charge in [-0.15, -0.1) is 0 Å². The van der Waals surface area contributed by atoms with Gasteiger partial charge in [0, 0.05) is 13.2 Å². The Hall–Kier alpha value is -1.16. The predicted molar refractivity (Wildman–Crippen MR) is 74.0 cm³/mol. The first kappa shape index (κ1) is 12.3. The molecule has 3 heteroatoms. The Morgan fingerprint density at radius 2 is 1.53 bits per heavy atom. The molecule has 90 valence electrons. The van der Waals surface area contributed by atoms with Gasteiger partial charge < -0.3 is 8.85 Å². The van der Waals surface area contributed by atoms with Crippen LogP contribution >= 0.6 is 0 Å². The van der Waals surface area contributed by atoms with Crippen molar-refractivity contribution in [1.82, 2.24) is 0 Å². The van der Waals surface area contributed by atoms with Crippen LogP contribution in [-0.4, -0.2) is 22.5 Å². The summed E-state index contributed by atoms with van der Waals surface area (Å²) >= 11 is 0. The first-order chi connectivity index (χ1) is 8.36. The minimum atomic E-state index is -1.74. The fourth-order valence-electron chi connectivity index (χ4n) is 1.99. The zero-order valence-electron chi connectivity index (χ0n) is 10.3. The van der Waals surface area contributed by atoms with Crippen LogP contribution in [0.15, 0.2) is 42.5 Å². The van der Waals surface area contributed by atoms with Gasteiger partial charge in [0.15, 0.2) is 0 Å². The van der Waals surface area contributed by atoms with Crippen molar-refractivity contribution in [2.75, 3.05) is 13.2 Å². The van der Waals surface area contributed by atoms with Gasteiger partial charge >= 0.3 is 9.28 Å². The summed E-state index contributed by atoms with van der Waals surface area (Å²) < 4.78 is 11.6. The highest BCUT2D eigenvalue weighted by atomic mass is 28.3. The molecule has 0 aromatic heterocycles. The molecule has 0 aliphatic heterocycles. The van der Waals surface area contributed by atoms with Crippen LogP contribution in [0.4, 0.5) is 0 Å². The highest BCUT2D eigenvalue weighted by Crippen LogP contribution is 2.12. The summed E-state index contributed by atoms with van der Waals surface area (Å²) in [6, 6.07) is 14.7. The molecule has 0 atom stereocenters. The Balaban J connectivity index is 2.44. The minimum absolute atomic E-state index is 0.708. The van der Waals surface area contributed by atoms with Gasteiger partial charge in [-0.25, -0.2) is 0 Å². The molecular weight excluding hydrogens is 228 g/mol. The van der Waals surface area contributed by atoms with E-state index in [9.17, 15) is 0 Å². The summed E-state index contributed by atoms with van der Waals surface area (Å²) in [5.41, 5.74) is 0. The third-order valence-electron chi connectivity index (χ3n) is 2.71. The second-order valence-electron chi connectivity index (χ2n) is 3.81. The first-order valence-corrected chi connectivity index (χ1v) is 7.59. The normalized spacial score (nSPS) is 11.2. The zero-order chi connectivity index (χ0) is 12.1. The van der Waals surface area contributed by atoms with E-state index in [1.54, 1.807) is 0 Å². The molecule has 2 aromatic carbocycles. The third-order valence-corrected chi connectivity index (χ3v) is 5.00. The van der Waals surface area contributed by atoms with Gasteiger partial charge in [-0.05, 0) is 29.8 Å². The summed E-state index contributed by atoms with van der Waals surface area (Å²) in [7, 11) is -1.74. The number of benzene rings is 2. The van der Waals surface area contributed by atoms with Crippen molar-refractivity contribution in [2.24, 2.45) is 0 Å². The lowest BCUT2D eigenvalue weighted by Gasteiger charge is -2.16. The van der Waals surface area contributed by atoms with Gasteiger partial charge in [0.05, 0.1) is 0 Å². The molecule has 0 aliphatic rings. The average molecular weight is 246 g/mol. The Morgan fingerprint density at radius 1 is 0.882 bits per heavy atom. The maximum absolute atomic E-state index is 5.79. The standard InChI is InChI=1S/C14H18O2Si/c1-3-15-17(16-4-2)14-11-7-9-12-8-5-6-10-13(12)14/h5-11,17H,3-4H2,1-2H3. The van der Waals surface area contributed by atoms with Gasteiger partial charge in [0.25, 0.3) is 0 Å². The van der Waals surface area contributed by atoms with Crippen LogP contribution in [-0.2, 0) is 8.85 Å². The van der Waals surface area contributed by atoms with Crippen molar-refractivity contribution in [3.8, 4) is 0 Å². The molecule has 0 fully saturated rings. The fraction of sp³-hybridized carbons (Fsp3) is 0.286. The van der Waals surface area contributed by atoms with E-state index < -0.39 is 9.28 Å². The molecule has 0 heterocycles. The average Bonchev–Trinajstić information content (AvgIpc) is 2.38. The smallest absolute Gasteiger partial charge is 0.356 e. The van der Waals surface area contributed by atoms with Crippen molar-refractivity contribution in [3.63, 3.8) is 0 Å². The topological polar surface area (TPSA) is 18.5 Å². The highest BCUT2D eigenvalue weighted by Gasteiger charge is 2.17. The third kappa shape index (κ3) is 2.75. The minimum Gasteiger partial charge on any atom is -0.394 e. The van der Waals surface area contributed by atoms with Crippen molar-refractivity contribution in [3.05, 3.63) is 42.5 Å². The number of rotatable bonds is 5. The number of hydrogen-bond acceptors (Lipinski definition) is 2. The van der Waals surface area contributed by atoms with Gasteiger partial charge in [-0.3, -0.25) is 0 Å². The van der Waals surface area contributed by atoms with Crippen molar-refractivity contribution in [2.45, 2.75) is 13.8 Å². The van der Waals surface area contributed by atoms with E-state index in [2.05, 4.69) is 42.5 Å². The molecule has 0 unspecified atom stereocenters. The van der Waals surface area contributed by atoms with Gasteiger partial charge in [-0.1, -0.05) is 42.5 Å². The largest absolute Gasteiger partial charge is 0.394 e. The maximum atomic E-state index is 5.79. The van der Waals surface area contributed by atoms with Crippen molar-refractivity contribution < 1.29 is 8.85 Å². The summed E-state index contributed by atoms with van der Waals surface area (Å²) in [5, 5.41) is 3.75. The lowest BCUT2D eigenvalue weighted by molar-refractivity contribution is 0.225. The highest BCUT2D eigenvalue weighted by molar-refractivity contribution is 6.64. The molecule has 0 saturated carbocycles. The quantitative estimate of drug-likeness (QED) is 0.754. The van der Waals surface area contributed by atoms with E-state index in [0.29, 0.717) is 13.2 Å². The van der Waals surface area contributed by atoms with E-state index in [-0.39, 0.29) is 0 Å². The maximum Gasteiger partial charge on any atom is 0.356 e. The van der Waals surface area contributed by atoms with Crippen LogP contribution < -0.4 is 5.19 Å². The van der Waals surface area contributed by atoms with E-state index >= 15 is 0 Å². The summed E-state index contributed by atoms with van der Waals surface area (Å²) in [6.07, 6.45) is 0. The van der Waals surface area contributed by atoms with Crippen LogP contribution in [0.5, 0.6) is 0 Å². The lowest BCUT2D eigenvalue weighted by atomic mass is 10.1. The summed E-state index contributed by atoms with van der Waals surface area (Å²) in [4.78, 5) is 0. The van der Waals surface area contributed by atoms with Crippen LogP contribution in [0.3, 0.4) is 0 Å². The molecule has 0 N–H and O–H groups in total. The van der Waals surface area contributed by atoms with Crippen LogP contribution in [0, 0.1) is 0 Å². The number of hydrogen-bond donors (Lipinski definition) is 0. The Morgan fingerprint density at radius 3 is 2.24 bits per heavy atom. The van der Waals surface area contributed by atoms with Crippen molar-refractivity contribution >= 4 is 25.2 Å². The van der Waals surface area contributed by atoms with Crippen molar-refractivity contribution in [1.29, 1.82) is 0 Å². The molecule has 17 heavy (non-hydrogen) atoms. The lowest BCUT2D eigenvalue weighted by Crippen LogP contribution is -2.37. The zero-order valence-corrected chi connectivity index (χ0v) is 11.5. The summed E-state index contributed by atoms with van der Waals surface area (Å²) in [6.45, 7) is 5.45. The summed E-state index contributed by atoms with van der Waals surface area (Å²) in [5.74, 6) is 0. The second-order valence-corrected chi connectivity index (χ2v) is 5.76.